The lowest BCUT2D eigenvalue weighted by atomic mass is 10.0. The maximum Gasteiger partial charge on any atom is 0.416 e. The van der Waals surface area contributed by atoms with Crippen molar-refractivity contribution in [3.05, 3.63) is 205 Å². The van der Waals surface area contributed by atoms with Crippen LogP contribution >= 0.6 is 0 Å². The van der Waals surface area contributed by atoms with Crippen molar-refractivity contribution in [1.29, 1.82) is 5.26 Å². The first-order valence-electron chi connectivity index (χ1n) is 27.8. The summed E-state index contributed by atoms with van der Waals surface area (Å²) in [6.45, 7) is 13.8. The van der Waals surface area contributed by atoms with E-state index in [9.17, 15) is 47.2 Å². The molecule has 0 aliphatic rings. The van der Waals surface area contributed by atoms with Crippen molar-refractivity contribution >= 4 is 29.1 Å². The molecule has 0 bridgehead atoms. The lowest BCUT2D eigenvalue weighted by Crippen LogP contribution is -2.35. The average molecular weight is 1190 g/mol. The van der Waals surface area contributed by atoms with E-state index in [0.717, 1.165) is 22.3 Å². The molecule has 4 heterocycles. The highest BCUT2D eigenvalue weighted by atomic mass is 19.4. The Morgan fingerprint density at radius 3 is 1.66 bits per heavy atom. The second-order valence-corrected chi connectivity index (χ2v) is 19.8. The van der Waals surface area contributed by atoms with E-state index in [0.29, 0.717) is 62.9 Å². The molecule has 4 aromatic carbocycles. The third kappa shape index (κ3) is 15.9. The van der Waals surface area contributed by atoms with E-state index in [1.807, 2.05) is 38.1 Å². The zero-order valence-corrected chi connectivity index (χ0v) is 47.9. The van der Waals surface area contributed by atoms with Gasteiger partial charge in [0.2, 0.25) is 5.78 Å². The summed E-state index contributed by atoms with van der Waals surface area (Å²) < 4.78 is 69.6. The predicted octanol–water partition coefficient (Wildman–Crippen LogP) is 8.99. The predicted molar refractivity (Wildman–Crippen MR) is 316 cm³/mol. The first kappa shape index (κ1) is 63.1. The van der Waals surface area contributed by atoms with Gasteiger partial charge in [-0.15, -0.1) is 0 Å². The number of ether oxygens (including phenoxy) is 4. The molecule has 2 N–H and O–H groups in total. The van der Waals surface area contributed by atoms with Gasteiger partial charge >= 0.3 is 6.18 Å². The number of ketones is 2. The van der Waals surface area contributed by atoms with Crippen LogP contribution in [-0.2, 0) is 34.7 Å². The van der Waals surface area contributed by atoms with Crippen LogP contribution in [0.1, 0.15) is 74.5 Å². The Morgan fingerprint density at radius 2 is 1.10 bits per heavy atom. The van der Waals surface area contributed by atoms with Gasteiger partial charge in [-0.3, -0.25) is 37.9 Å². The molecule has 23 heteroatoms. The van der Waals surface area contributed by atoms with Gasteiger partial charge in [0.25, 0.3) is 22.9 Å². The Morgan fingerprint density at radius 1 is 0.598 bits per heavy atom. The van der Waals surface area contributed by atoms with Crippen molar-refractivity contribution in [3.8, 4) is 51.3 Å². The standard InChI is InChI=1S/C64H61F3N10O10/c1-42-9-5-11-50(37-42)74-43(2)52(56-23-25-72-76(56)48-19-15-45(41-68)16-20-48)39-54(62(74)82)58(78)13-7-29-84-33-36-87-32-28-71-61(81)59(79)14-8-30-85-34-35-86-31-27-70-60(80)55-40-53(57-24-26-73-77(57)49-21-17-47(69-4)18-22-49)44(3)75(63(55)83)51-12-6-10-46(38-51)64(65,66)67/h5-6,9-12,15-26,37-40H,7-8,13-14,27-36H2,1-3H3,(H,70,80)(H,71,81). The van der Waals surface area contributed by atoms with E-state index >= 15 is 0 Å². The van der Waals surface area contributed by atoms with E-state index < -0.39 is 40.5 Å². The molecule has 0 aliphatic carbocycles. The van der Waals surface area contributed by atoms with Gasteiger partial charge in [0.05, 0.1) is 104 Å². The number of pyridine rings is 2. The molecule has 0 fully saturated rings. The van der Waals surface area contributed by atoms with Gasteiger partial charge in [0.15, 0.2) is 11.5 Å². The molecule has 8 aromatic rings. The van der Waals surface area contributed by atoms with Crippen LogP contribution in [0.15, 0.2) is 143 Å². The molecule has 0 spiro atoms. The molecule has 0 aliphatic heterocycles. The Kier molecular flexibility index (Phi) is 21.6. The van der Waals surface area contributed by atoms with Gasteiger partial charge in [-0.05, 0) is 130 Å². The number of benzene rings is 4. The number of halogens is 3. The van der Waals surface area contributed by atoms with Crippen LogP contribution in [0.25, 0.3) is 50.1 Å². The Hall–Kier alpha value is -9.91. The number of hydrogen-bond donors (Lipinski definition) is 2. The third-order valence-corrected chi connectivity index (χ3v) is 13.9. The molecule has 87 heavy (non-hydrogen) atoms. The SMILES string of the molecule is [C-]#[N+]c1ccc(-n2nccc2-c2cc(C(=O)NCCOCCOCCCC(=O)C(=O)NCCOCCOCCCC(=O)c3cc(-c4ccnn4-c4ccc(C#N)cc4)c(C)n(-c4cccc(C)c4)c3=O)c(=O)n(-c3cccc(C(F)(F)F)c3)c2C)cc1. The number of amides is 2. The summed E-state index contributed by atoms with van der Waals surface area (Å²) in [5.74, 6) is -2.54. The summed E-state index contributed by atoms with van der Waals surface area (Å²) in [6, 6.07) is 33.7. The first-order chi connectivity index (χ1) is 42.0. The van der Waals surface area contributed by atoms with Gasteiger partial charge < -0.3 is 29.6 Å². The van der Waals surface area contributed by atoms with Crippen LogP contribution in [0, 0.1) is 38.7 Å². The third-order valence-electron chi connectivity index (χ3n) is 13.9. The van der Waals surface area contributed by atoms with E-state index in [1.54, 1.807) is 89.1 Å². The average Bonchev–Trinajstić information content (AvgIpc) is 1.76. The number of nitrogens with zero attached hydrogens (tertiary/aromatic N) is 8. The number of Topliss-reactive ketones (excluding diaryl/α,β-unsaturated/α-hetero) is 2. The normalized spacial score (nSPS) is 11.3. The number of carbonyl (C=O) groups excluding carboxylic acids is 4. The lowest BCUT2D eigenvalue weighted by Gasteiger charge is -2.19. The topological polar surface area (TPSA) is 237 Å². The maximum absolute atomic E-state index is 14.1. The van der Waals surface area contributed by atoms with Crippen LogP contribution in [0.5, 0.6) is 0 Å². The fraction of sp³-hybridized carbons (Fsp3) is 0.281. The highest BCUT2D eigenvalue weighted by Gasteiger charge is 2.31. The maximum atomic E-state index is 14.1. The summed E-state index contributed by atoms with van der Waals surface area (Å²) in [4.78, 5) is 83.7. The minimum absolute atomic E-state index is 0.0122. The monoisotopic (exact) mass is 1190 g/mol. The van der Waals surface area contributed by atoms with E-state index in [1.165, 1.54) is 29.1 Å². The zero-order chi connectivity index (χ0) is 62.0. The molecule has 2 amide bonds. The van der Waals surface area contributed by atoms with Gasteiger partial charge in [-0.1, -0.05) is 30.3 Å². The quantitative estimate of drug-likeness (QED) is 0.0193. The smallest absolute Gasteiger partial charge is 0.379 e. The second kappa shape index (κ2) is 29.7. The second-order valence-electron chi connectivity index (χ2n) is 19.8. The van der Waals surface area contributed by atoms with Gasteiger partial charge in [-0.25, -0.2) is 14.2 Å². The minimum atomic E-state index is -4.70. The van der Waals surface area contributed by atoms with E-state index in [-0.39, 0.29) is 113 Å². The fourth-order valence-electron chi connectivity index (χ4n) is 9.50. The molecule has 0 saturated heterocycles. The van der Waals surface area contributed by atoms with E-state index in [2.05, 4.69) is 31.7 Å². The molecule has 0 saturated carbocycles. The number of rotatable bonds is 29. The number of alkyl halides is 3. The molecular formula is C64H61F3N10O10. The number of aromatic nitrogens is 6. The minimum Gasteiger partial charge on any atom is -0.379 e. The summed E-state index contributed by atoms with van der Waals surface area (Å²) >= 11 is 0. The van der Waals surface area contributed by atoms with Crippen molar-refractivity contribution < 1.29 is 51.3 Å². The van der Waals surface area contributed by atoms with Crippen molar-refractivity contribution in [2.45, 2.75) is 52.6 Å². The highest BCUT2D eigenvalue weighted by Crippen LogP contribution is 2.33. The van der Waals surface area contributed by atoms with Gasteiger partial charge in [0.1, 0.15) is 5.56 Å². The van der Waals surface area contributed by atoms with Crippen LogP contribution < -0.4 is 21.8 Å². The molecule has 4 aromatic heterocycles. The Labute approximate surface area is 498 Å². The summed E-state index contributed by atoms with van der Waals surface area (Å²) in [5, 5.41) is 23.4. The Balaban J connectivity index is 0.713. The molecule has 448 valence electrons. The number of nitrogens with one attached hydrogen (secondary N) is 2. The number of nitriles is 1. The zero-order valence-electron chi connectivity index (χ0n) is 47.9. The van der Waals surface area contributed by atoms with Gasteiger partial charge in [-0.2, -0.15) is 28.6 Å². The Bertz CT molecular complexity index is 3990. The molecule has 8 rings (SSSR count). The van der Waals surface area contributed by atoms with Crippen LogP contribution in [0.4, 0.5) is 18.9 Å². The summed E-state index contributed by atoms with van der Waals surface area (Å²) in [5.41, 5.74) is 3.88. The number of carbonyl (C=O) groups is 4. The fourth-order valence-corrected chi connectivity index (χ4v) is 9.50. The van der Waals surface area contributed by atoms with Crippen LogP contribution in [0.2, 0.25) is 0 Å². The van der Waals surface area contributed by atoms with Crippen molar-refractivity contribution in [3.63, 3.8) is 0 Å². The largest absolute Gasteiger partial charge is 0.416 e. The summed E-state index contributed by atoms with van der Waals surface area (Å²) in [7, 11) is 0. The van der Waals surface area contributed by atoms with Crippen molar-refractivity contribution in [2.75, 3.05) is 65.9 Å². The van der Waals surface area contributed by atoms with E-state index in [4.69, 9.17) is 25.5 Å². The highest BCUT2D eigenvalue weighted by molar-refractivity contribution is 6.36. The number of aryl methyl sites for hydroxylation is 1. The molecular weight excluding hydrogens is 1130 g/mol. The van der Waals surface area contributed by atoms with Crippen LogP contribution in [-0.4, -0.2) is 118 Å². The molecule has 0 atom stereocenters. The number of hydrogen-bond acceptors (Lipinski definition) is 13. The van der Waals surface area contributed by atoms with Crippen molar-refractivity contribution in [1.82, 2.24) is 39.3 Å². The van der Waals surface area contributed by atoms with Crippen molar-refractivity contribution in [2.24, 2.45) is 0 Å². The first-order valence-corrected chi connectivity index (χ1v) is 27.8. The molecule has 20 nitrogen and oxygen atoms in total. The summed E-state index contributed by atoms with van der Waals surface area (Å²) in [6.07, 6.45) is -1.01. The lowest BCUT2D eigenvalue weighted by molar-refractivity contribution is -0.138. The molecule has 0 radical (unpaired) electrons. The van der Waals surface area contributed by atoms with Crippen LogP contribution in [0.3, 0.4) is 0 Å². The van der Waals surface area contributed by atoms with Gasteiger partial charge in [0, 0.05) is 73.0 Å². The molecule has 0 unspecified atom stereocenters.